The van der Waals surface area contributed by atoms with E-state index in [-0.39, 0.29) is 35.9 Å². The van der Waals surface area contributed by atoms with Crippen LogP contribution in [0.25, 0.3) is 0 Å². The zero-order valence-corrected chi connectivity index (χ0v) is 20.6. The van der Waals surface area contributed by atoms with Crippen LogP contribution in [0.2, 0.25) is 0 Å². The maximum absolute atomic E-state index is 15.7. The minimum Gasteiger partial charge on any atom is -0.481 e. The number of aromatic hydroxyl groups is 1. The van der Waals surface area contributed by atoms with Crippen LogP contribution in [0.1, 0.15) is 50.6 Å². The van der Waals surface area contributed by atoms with Crippen molar-refractivity contribution in [1.29, 1.82) is 0 Å². The Balaban J connectivity index is 1.44. The van der Waals surface area contributed by atoms with Gasteiger partial charge in [0, 0.05) is 22.8 Å². The van der Waals surface area contributed by atoms with Crippen molar-refractivity contribution in [2.75, 3.05) is 7.11 Å². The van der Waals surface area contributed by atoms with E-state index in [4.69, 9.17) is 18.6 Å². The maximum Gasteiger partial charge on any atom is 0.375 e. The SMILES string of the molecule is COC(=O)[C@@]1(OC(=O)c2ccc(O)o2)[C@H](C)CC2C3C[C@H](F)C4=CC(=O)C=C[C@]4(C)[C@@]34O[C@H]4C[C@@]21C. The first-order valence-corrected chi connectivity index (χ1v) is 12.3. The van der Waals surface area contributed by atoms with Gasteiger partial charge in [-0.3, -0.25) is 4.79 Å². The summed E-state index contributed by atoms with van der Waals surface area (Å²) in [7, 11) is 1.25. The molecule has 3 saturated carbocycles. The molecule has 6 rings (SSSR count). The van der Waals surface area contributed by atoms with Crippen molar-refractivity contribution in [3.8, 4) is 5.95 Å². The number of ether oxygens (including phenoxy) is 3. The molecule has 9 heteroatoms. The van der Waals surface area contributed by atoms with E-state index >= 15 is 4.39 Å². The van der Waals surface area contributed by atoms with Gasteiger partial charge in [-0.05, 0) is 61.8 Å². The molecule has 1 saturated heterocycles. The molecular weight excluding hydrogens is 471 g/mol. The fraction of sp³-hybridized carbons (Fsp3) is 0.593. The van der Waals surface area contributed by atoms with Crippen molar-refractivity contribution < 1.29 is 42.5 Å². The fourth-order valence-corrected chi connectivity index (χ4v) is 8.44. The van der Waals surface area contributed by atoms with Gasteiger partial charge in [0.05, 0.1) is 13.2 Å². The number of hydrogen-bond acceptors (Lipinski definition) is 8. The quantitative estimate of drug-likeness (QED) is 0.494. The third-order valence-corrected chi connectivity index (χ3v) is 10.00. The van der Waals surface area contributed by atoms with Gasteiger partial charge in [0.15, 0.2) is 5.78 Å². The number of allylic oxidation sites excluding steroid dienone is 2. The maximum atomic E-state index is 15.7. The molecule has 4 fully saturated rings. The van der Waals surface area contributed by atoms with Crippen LogP contribution in [0.5, 0.6) is 5.95 Å². The molecule has 2 unspecified atom stereocenters. The lowest BCUT2D eigenvalue weighted by molar-refractivity contribution is -0.188. The van der Waals surface area contributed by atoms with E-state index in [0.717, 1.165) is 0 Å². The molecule has 9 atom stereocenters. The van der Waals surface area contributed by atoms with Crippen molar-refractivity contribution >= 4 is 17.7 Å². The Morgan fingerprint density at radius 1 is 1.19 bits per heavy atom. The van der Waals surface area contributed by atoms with Gasteiger partial charge in [-0.25, -0.2) is 14.0 Å². The second kappa shape index (κ2) is 7.09. The molecule has 1 N–H and O–H groups in total. The molecule has 1 spiro atoms. The molecule has 1 aliphatic heterocycles. The summed E-state index contributed by atoms with van der Waals surface area (Å²) in [4.78, 5) is 38.7. The van der Waals surface area contributed by atoms with Crippen LogP contribution in [0.15, 0.2) is 40.4 Å². The highest BCUT2D eigenvalue weighted by molar-refractivity contribution is 6.01. The van der Waals surface area contributed by atoms with Gasteiger partial charge < -0.3 is 23.7 Å². The highest BCUT2D eigenvalue weighted by Crippen LogP contribution is 2.77. The number of ketones is 1. The minimum atomic E-state index is -1.66. The van der Waals surface area contributed by atoms with E-state index in [2.05, 4.69) is 0 Å². The Morgan fingerprint density at radius 3 is 2.61 bits per heavy atom. The molecule has 1 aromatic heterocycles. The molecule has 4 aliphatic carbocycles. The topological polar surface area (TPSA) is 116 Å². The zero-order chi connectivity index (χ0) is 25.8. The van der Waals surface area contributed by atoms with Crippen molar-refractivity contribution in [2.24, 2.45) is 28.6 Å². The van der Waals surface area contributed by atoms with Crippen LogP contribution in [-0.4, -0.2) is 53.4 Å². The average molecular weight is 501 g/mol. The number of carbonyl (C=O) groups excluding carboxylic acids is 3. The minimum absolute atomic E-state index is 0.156. The van der Waals surface area contributed by atoms with Gasteiger partial charge in [-0.1, -0.05) is 19.9 Å². The summed E-state index contributed by atoms with van der Waals surface area (Å²) in [5.41, 5.74) is -3.59. The molecular formula is C27H29FO8. The van der Waals surface area contributed by atoms with E-state index in [1.165, 1.54) is 31.4 Å². The molecule has 36 heavy (non-hydrogen) atoms. The fourth-order valence-electron chi connectivity index (χ4n) is 8.44. The summed E-state index contributed by atoms with van der Waals surface area (Å²) < 4.78 is 38.4. The van der Waals surface area contributed by atoms with Gasteiger partial charge in [0.1, 0.15) is 11.8 Å². The van der Waals surface area contributed by atoms with E-state index < -0.39 is 52.0 Å². The number of methoxy groups -OCH3 is 1. The van der Waals surface area contributed by atoms with E-state index in [1.54, 1.807) is 6.08 Å². The Morgan fingerprint density at radius 2 is 1.94 bits per heavy atom. The average Bonchev–Trinajstić information content (AvgIpc) is 3.32. The lowest BCUT2D eigenvalue weighted by Crippen LogP contribution is -2.64. The Bertz CT molecular complexity index is 1250. The van der Waals surface area contributed by atoms with Gasteiger partial charge in [0.2, 0.25) is 11.4 Å². The Hall–Kier alpha value is -2.94. The number of furan rings is 1. The summed E-state index contributed by atoms with van der Waals surface area (Å²) in [5, 5.41) is 9.55. The lowest BCUT2D eigenvalue weighted by Gasteiger charge is -2.56. The molecule has 5 aliphatic rings. The summed E-state index contributed by atoms with van der Waals surface area (Å²) in [6.07, 6.45) is 4.06. The monoisotopic (exact) mass is 500 g/mol. The van der Waals surface area contributed by atoms with Crippen molar-refractivity contribution in [3.05, 3.63) is 41.7 Å². The first kappa shape index (κ1) is 23.5. The second-order valence-corrected chi connectivity index (χ2v) is 11.4. The van der Waals surface area contributed by atoms with E-state index in [9.17, 15) is 19.5 Å². The van der Waals surface area contributed by atoms with Crippen LogP contribution < -0.4 is 0 Å². The summed E-state index contributed by atoms with van der Waals surface area (Å²) >= 11 is 0. The number of esters is 2. The number of hydrogen-bond donors (Lipinski definition) is 1. The van der Waals surface area contributed by atoms with Gasteiger partial charge >= 0.3 is 11.9 Å². The molecule has 8 nitrogen and oxygen atoms in total. The number of alkyl halides is 1. The molecule has 1 aromatic rings. The van der Waals surface area contributed by atoms with Crippen molar-refractivity contribution in [1.82, 2.24) is 0 Å². The summed E-state index contributed by atoms with van der Waals surface area (Å²) in [5.74, 6) is -3.40. The predicted octanol–water partition coefficient (Wildman–Crippen LogP) is 3.69. The third kappa shape index (κ3) is 2.54. The van der Waals surface area contributed by atoms with Crippen LogP contribution in [-0.2, 0) is 23.8 Å². The van der Waals surface area contributed by atoms with E-state index in [1.807, 2.05) is 20.8 Å². The van der Waals surface area contributed by atoms with Crippen LogP contribution in [0.3, 0.4) is 0 Å². The number of epoxide rings is 1. The standard InChI is InChI=1S/C27H29FO8/c1-13-9-15-16-11-18(28)17-10-14(29)7-8-24(17,2)27(16)20(35-27)12-25(15,3)26(13,23(32)33-4)36-22(31)19-5-6-21(30)34-19/h5-8,10,13,15-16,18,20,30H,9,11-12H2,1-4H3/t13-,15?,16?,18+,20+,24+,25+,26+,27-/m1/s1. The van der Waals surface area contributed by atoms with Gasteiger partial charge in [0.25, 0.3) is 5.95 Å². The number of rotatable bonds is 3. The molecule has 0 amide bonds. The van der Waals surface area contributed by atoms with Gasteiger partial charge in [-0.15, -0.1) is 0 Å². The number of halogens is 1. The first-order chi connectivity index (χ1) is 16.9. The Labute approximate surface area is 207 Å². The predicted molar refractivity (Wildman–Crippen MR) is 121 cm³/mol. The Kier molecular flexibility index (Phi) is 4.62. The third-order valence-electron chi connectivity index (χ3n) is 10.00. The van der Waals surface area contributed by atoms with Crippen LogP contribution >= 0.6 is 0 Å². The lowest BCUT2D eigenvalue weighted by atomic mass is 9.46. The first-order valence-electron chi connectivity index (χ1n) is 12.3. The molecule has 0 aromatic carbocycles. The number of carbonyl (C=O) groups is 3. The highest BCUT2D eigenvalue weighted by atomic mass is 19.1. The number of fused-ring (bicyclic) bond motifs is 3. The van der Waals surface area contributed by atoms with Crippen LogP contribution in [0, 0.1) is 28.6 Å². The highest BCUT2D eigenvalue weighted by Gasteiger charge is 2.84. The van der Waals surface area contributed by atoms with Gasteiger partial charge in [-0.2, -0.15) is 0 Å². The molecule has 0 bridgehead atoms. The largest absolute Gasteiger partial charge is 0.481 e. The molecule has 2 heterocycles. The normalized spacial score (nSPS) is 46.1. The van der Waals surface area contributed by atoms with E-state index in [0.29, 0.717) is 18.4 Å². The van der Waals surface area contributed by atoms with Crippen molar-refractivity contribution in [3.63, 3.8) is 0 Å². The molecule has 0 radical (unpaired) electrons. The van der Waals surface area contributed by atoms with Crippen molar-refractivity contribution in [2.45, 2.75) is 63.5 Å². The summed E-state index contributed by atoms with van der Waals surface area (Å²) in [6.45, 7) is 5.67. The zero-order valence-electron chi connectivity index (χ0n) is 20.6. The second-order valence-electron chi connectivity index (χ2n) is 11.4. The summed E-state index contributed by atoms with van der Waals surface area (Å²) in [6, 6.07) is 2.49. The van der Waals surface area contributed by atoms with Crippen LogP contribution in [0.4, 0.5) is 4.39 Å². The molecule has 192 valence electrons. The smallest absolute Gasteiger partial charge is 0.375 e.